The second kappa shape index (κ2) is 4.53. The summed E-state index contributed by atoms with van der Waals surface area (Å²) in [6.45, 7) is 4.93. The summed E-state index contributed by atoms with van der Waals surface area (Å²) in [5.41, 5.74) is 2.54. The minimum atomic E-state index is 0.182. The SMILES string of the molecule is c1nc2c(n1CC1COCCO1)CCNC2. The van der Waals surface area contributed by atoms with Gasteiger partial charge in [-0.25, -0.2) is 4.98 Å². The van der Waals surface area contributed by atoms with Crippen molar-refractivity contribution in [2.45, 2.75) is 25.6 Å². The number of aromatic nitrogens is 2. The van der Waals surface area contributed by atoms with Crippen LogP contribution in [0.5, 0.6) is 0 Å². The highest BCUT2D eigenvalue weighted by molar-refractivity contribution is 5.16. The maximum absolute atomic E-state index is 5.65. The molecule has 0 radical (unpaired) electrons. The molecule has 1 aromatic rings. The molecule has 3 heterocycles. The number of nitrogens with one attached hydrogen (secondary N) is 1. The zero-order chi connectivity index (χ0) is 10.8. The van der Waals surface area contributed by atoms with Gasteiger partial charge in [-0.1, -0.05) is 0 Å². The average Bonchev–Trinajstić information content (AvgIpc) is 2.74. The van der Waals surface area contributed by atoms with E-state index in [1.165, 1.54) is 11.4 Å². The number of fused-ring (bicyclic) bond motifs is 1. The van der Waals surface area contributed by atoms with Crippen molar-refractivity contribution in [3.05, 3.63) is 17.7 Å². The van der Waals surface area contributed by atoms with E-state index >= 15 is 0 Å². The number of hydrogen-bond acceptors (Lipinski definition) is 4. The molecule has 2 aliphatic heterocycles. The Hall–Kier alpha value is -0.910. The highest BCUT2D eigenvalue weighted by atomic mass is 16.6. The molecule has 88 valence electrons. The molecule has 1 aromatic heterocycles. The van der Waals surface area contributed by atoms with Crippen LogP contribution in [0.15, 0.2) is 6.33 Å². The molecule has 5 heteroatoms. The lowest BCUT2D eigenvalue weighted by molar-refractivity contribution is -0.0938. The average molecular weight is 223 g/mol. The molecule has 1 fully saturated rings. The number of hydrogen-bond donors (Lipinski definition) is 1. The molecule has 16 heavy (non-hydrogen) atoms. The van der Waals surface area contributed by atoms with Crippen molar-refractivity contribution in [2.24, 2.45) is 0 Å². The van der Waals surface area contributed by atoms with Gasteiger partial charge in [-0.2, -0.15) is 0 Å². The lowest BCUT2D eigenvalue weighted by Gasteiger charge is -2.24. The second-order valence-corrected chi connectivity index (χ2v) is 4.28. The molecular formula is C11H17N3O2. The Morgan fingerprint density at radius 2 is 2.50 bits per heavy atom. The lowest BCUT2D eigenvalue weighted by atomic mass is 10.2. The quantitative estimate of drug-likeness (QED) is 0.763. The summed E-state index contributed by atoms with van der Waals surface area (Å²) in [6, 6.07) is 0. The van der Waals surface area contributed by atoms with Crippen LogP contribution in [0.4, 0.5) is 0 Å². The highest BCUT2D eigenvalue weighted by Crippen LogP contribution is 2.14. The third kappa shape index (κ3) is 1.98. The zero-order valence-corrected chi connectivity index (χ0v) is 9.32. The summed E-state index contributed by atoms with van der Waals surface area (Å²) in [6.07, 6.45) is 3.17. The molecule has 1 unspecified atom stereocenters. The van der Waals surface area contributed by atoms with Crippen LogP contribution in [0.25, 0.3) is 0 Å². The van der Waals surface area contributed by atoms with Crippen molar-refractivity contribution < 1.29 is 9.47 Å². The van der Waals surface area contributed by atoms with E-state index in [1.54, 1.807) is 0 Å². The fourth-order valence-corrected chi connectivity index (χ4v) is 2.32. The van der Waals surface area contributed by atoms with E-state index in [2.05, 4.69) is 14.9 Å². The minimum Gasteiger partial charge on any atom is -0.376 e. The minimum absolute atomic E-state index is 0.182. The molecule has 0 bridgehead atoms. The van der Waals surface area contributed by atoms with E-state index in [-0.39, 0.29) is 6.10 Å². The summed E-state index contributed by atoms with van der Waals surface area (Å²) in [5.74, 6) is 0. The van der Waals surface area contributed by atoms with Crippen LogP contribution in [0.2, 0.25) is 0 Å². The molecule has 5 nitrogen and oxygen atoms in total. The van der Waals surface area contributed by atoms with Crippen molar-refractivity contribution in [2.75, 3.05) is 26.4 Å². The molecule has 0 aliphatic carbocycles. The van der Waals surface area contributed by atoms with Crippen molar-refractivity contribution in [3.8, 4) is 0 Å². The van der Waals surface area contributed by atoms with Gasteiger partial charge in [-0.05, 0) is 0 Å². The first-order valence-electron chi connectivity index (χ1n) is 5.86. The Morgan fingerprint density at radius 3 is 3.38 bits per heavy atom. The van der Waals surface area contributed by atoms with Gasteiger partial charge in [0.15, 0.2) is 0 Å². The number of rotatable bonds is 2. The first-order chi connectivity index (χ1) is 7.93. The van der Waals surface area contributed by atoms with Gasteiger partial charge in [0, 0.05) is 25.2 Å². The van der Waals surface area contributed by atoms with Gasteiger partial charge in [0.1, 0.15) is 0 Å². The molecule has 0 spiro atoms. The Bertz CT molecular complexity index is 358. The third-order valence-electron chi connectivity index (χ3n) is 3.15. The summed E-state index contributed by atoms with van der Waals surface area (Å²) in [5, 5.41) is 3.33. The smallest absolute Gasteiger partial charge is 0.0988 e. The van der Waals surface area contributed by atoms with Crippen LogP contribution in [-0.2, 0) is 29.0 Å². The Labute approximate surface area is 94.8 Å². The predicted molar refractivity (Wildman–Crippen MR) is 58.2 cm³/mol. The van der Waals surface area contributed by atoms with E-state index in [9.17, 15) is 0 Å². The van der Waals surface area contributed by atoms with Gasteiger partial charge in [-0.15, -0.1) is 0 Å². The number of nitrogens with zero attached hydrogens (tertiary/aromatic N) is 2. The second-order valence-electron chi connectivity index (χ2n) is 4.28. The molecule has 2 aliphatic rings. The largest absolute Gasteiger partial charge is 0.376 e. The monoisotopic (exact) mass is 223 g/mol. The molecule has 0 aromatic carbocycles. The van der Waals surface area contributed by atoms with Crippen molar-refractivity contribution in [3.63, 3.8) is 0 Å². The Morgan fingerprint density at radius 1 is 1.50 bits per heavy atom. The molecule has 1 saturated heterocycles. The van der Waals surface area contributed by atoms with Gasteiger partial charge in [0.25, 0.3) is 0 Å². The normalized spacial score (nSPS) is 25.4. The first-order valence-corrected chi connectivity index (χ1v) is 5.86. The molecule has 3 rings (SSSR count). The molecule has 0 saturated carbocycles. The Kier molecular flexibility index (Phi) is 2.90. The molecule has 1 N–H and O–H groups in total. The van der Waals surface area contributed by atoms with Gasteiger partial charge >= 0.3 is 0 Å². The van der Waals surface area contributed by atoms with Gasteiger partial charge in [0.05, 0.1) is 44.5 Å². The zero-order valence-electron chi connectivity index (χ0n) is 9.32. The highest BCUT2D eigenvalue weighted by Gasteiger charge is 2.19. The first kappa shape index (κ1) is 10.3. The third-order valence-corrected chi connectivity index (χ3v) is 3.15. The van der Waals surface area contributed by atoms with Gasteiger partial charge in [-0.3, -0.25) is 0 Å². The van der Waals surface area contributed by atoms with Gasteiger partial charge in [0.2, 0.25) is 0 Å². The van der Waals surface area contributed by atoms with Crippen LogP contribution in [0, 0.1) is 0 Å². The summed E-state index contributed by atoms with van der Waals surface area (Å²) in [7, 11) is 0. The van der Waals surface area contributed by atoms with Crippen LogP contribution in [-0.4, -0.2) is 42.0 Å². The predicted octanol–water partition coefficient (Wildman–Crippen LogP) is -0.0558. The number of imidazole rings is 1. The maximum Gasteiger partial charge on any atom is 0.0988 e. The maximum atomic E-state index is 5.65. The fourth-order valence-electron chi connectivity index (χ4n) is 2.32. The van der Waals surface area contributed by atoms with Crippen LogP contribution in [0.1, 0.15) is 11.4 Å². The van der Waals surface area contributed by atoms with Crippen LogP contribution in [0.3, 0.4) is 0 Å². The number of ether oxygens (including phenoxy) is 2. The standard InChI is InChI=1S/C11H17N3O2/c1-2-12-5-10-11(1)14(8-13-10)6-9-7-15-3-4-16-9/h8-9,12H,1-7H2. The van der Waals surface area contributed by atoms with Crippen molar-refractivity contribution >= 4 is 0 Å². The fraction of sp³-hybridized carbons (Fsp3) is 0.727. The summed E-state index contributed by atoms with van der Waals surface area (Å²) in [4.78, 5) is 4.43. The van der Waals surface area contributed by atoms with E-state index in [0.29, 0.717) is 13.2 Å². The van der Waals surface area contributed by atoms with E-state index in [4.69, 9.17) is 9.47 Å². The Balaban J connectivity index is 1.71. The molecule has 0 amide bonds. The van der Waals surface area contributed by atoms with E-state index in [1.807, 2.05) is 6.33 Å². The summed E-state index contributed by atoms with van der Waals surface area (Å²) >= 11 is 0. The van der Waals surface area contributed by atoms with Crippen molar-refractivity contribution in [1.29, 1.82) is 0 Å². The molecular weight excluding hydrogens is 206 g/mol. The molecule has 1 atom stereocenters. The van der Waals surface area contributed by atoms with Crippen LogP contribution >= 0.6 is 0 Å². The lowest BCUT2D eigenvalue weighted by Crippen LogP contribution is -2.33. The van der Waals surface area contributed by atoms with E-state index < -0.39 is 0 Å². The topological polar surface area (TPSA) is 48.3 Å². The van der Waals surface area contributed by atoms with Crippen LogP contribution < -0.4 is 5.32 Å². The summed E-state index contributed by atoms with van der Waals surface area (Å²) < 4.78 is 13.3. The van der Waals surface area contributed by atoms with E-state index in [0.717, 1.165) is 32.7 Å². The van der Waals surface area contributed by atoms with Crippen molar-refractivity contribution in [1.82, 2.24) is 14.9 Å². The van der Waals surface area contributed by atoms with Gasteiger partial charge < -0.3 is 19.4 Å².